The van der Waals surface area contributed by atoms with Gasteiger partial charge in [-0.1, -0.05) is 17.7 Å². The molecular formula is C13H12N2O2S. The molecule has 0 spiro atoms. The van der Waals surface area contributed by atoms with E-state index in [-0.39, 0.29) is 5.69 Å². The van der Waals surface area contributed by atoms with Crippen molar-refractivity contribution in [3.63, 3.8) is 0 Å². The van der Waals surface area contributed by atoms with Gasteiger partial charge in [-0.05, 0) is 25.1 Å². The van der Waals surface area contributed by atoms with E-state index in [9.17, 15) is 4.79 Å². The van der Waals surface area contributed by atoms with Gasteiger partial charge in [-0.2, -0.15) is 0 Å². The average molecular weight is 260 g/mol. The maximum atomic E-state index is 10.8. The Hall–Kier alpha value is -1.88. The lowest BCUT2D eigenvalue weighted by Crippen LogP contribution is -2.03. The van der Waals surface area contributed by atoms with Crippen LogP contribution in [-0.2, 0) is 5.75 Å². The van der Waals surface area contributed by atoms with E-state index in [4.69, 9.17) is 5.11 Å². The van der Waals surface area contributed by atoms with Crippen molar-refractivity contribution in [3.05, 3.63) is 53.6 Å². The molecule has 0 saturated heterocycles. The zero-order valence-corrected chi connectivity index (χ0v) is 10.6. The molecule has 0 aliphatic carbocycles. The molecule has 2 aromatic rings. The Morgan fingerprint density at radius 3 is 2.67 bits per heavy atom. The topological polar surface area (TPSA) is 63.1 Å². The number of thioether (sulfide) groups is 1. The first-order valence-corrected chi connectivity index (χ1v) is 6.38. The van der Waals surface area contributed by atoms with Crippen molar-refractivity contribution in [2.45, 2.75) is 17.6 Å². The number of aromatic nitrogens is 2. The number of aryl methyl sites for hydroxylation is 1. The van der Waals surface area contributed by atoms with Gasteiger partial charge in [0.15, 0.2) is 5.69 Å². The Morgan fingerprint density at radius 2 is 2.00 bits per heavy atom. The molecule has 92 valence electrons. The standard InChI is InChI=1S/C13H12N2O2S/c1-9-2-4-10(5-3-9)18-8-12-14-7-6-11(15-12)13(16)17/h2-7H,8H2,1H3,(H,16,17). The van der Waals surface area contributed by atoms with Crippen molar-refractivity contribution < 1.29 is 9.90 Å². The van der Waals surface area contributed by atoms with Gasteiger partial charge in [-0.25, -0.2) is 14.8 Å². The zero-order valence-electron chi connectivity index (χ0n) is 9.83. The van der Waals surface area contributed by atoms with E-state index < -0.39 is 5.97 Å². The van der Waals surface area contributed by atoms with Crippen molar-refractivity contribution in [1.29, 1.82) is 0 Å². The lowest BCUT2D eigenvalue weighted by Gasteiger charge is -2.02. The number of benzene rings is 1. The van der Waals surface area contributed by atoms with Crippen molar-refractivity contribution in [2.24, 2.45) is 0 Å². The highest BCUT2D eigenvalue weighted by Gasteiger charge is 2.06. The van der Waals surface area contributed by atoms with E-state index in [0.29, 0.717) is 11.6 Å². The van der Waals surface area contributed by atoms with Gasteiger partial charge in [0.05, 0.1) is 5.75 Å². The largest absolute Gasteiger partial charge is 0.477 e. The minimum Gasteiger partial charge on any atom is -0.477 e. The lowest BCUT2D eigenvalue weighted by atomic mass is 10.2. The third kappa shape index (κ3) is 3.30. The van der Waals surface area contributed by atoms with E-state index in [2.05, 4.69) is 9.97 Å². The number of hydrogen-bond donors (Lipinski definition) is 1. The maximum absolute atomic E-state index is 10.8. The van der Waals surface area contributed by atoms with Crippen LogP contribution in [0.5, 0.6) is 0 Å². The highest BCUT2D eigenvalue weighted by atomic mass is 32.2. The van der Waals surface area contributed by atoms with Gasteiger partial charge in [0.1, 0.15) is 5.82 Å². The Kier molecular flexibility index (Phi) is 3.94. The summed E-state index contributed by atoms with van der Waals surface area (Å²) in [4.78, 5) is 19.9. The lowest BCUT2D eigenvalue weighted by molar-refractivity contribution is 0.0690. The number of aromatic carboxylic acids is 1. The van der Waals surface area contributed by atoms with E-state index in [0.717, 1.165) is 4.90 Å². The second-order valence-corrected chi connectivity index (χ2v) is 4.81. The Balaban J connectivity index is 2.04. The van der Waals surface area contributed by atoms with Crippen LogP contribution in [-0.4, -0.2) is 21.0 Å². The van der Waals surface area contributed by atoms with Crippen molar-refractivity contribution >= 4 is 17.7 Å². The predicted octanol–water partition coefficient (Wildman–Crippen LogP) is 2.78. The number of nitrogens with zero attached hydrogens (tertiary/aromatic N) is 2. The first kappa shape index (κ1) is 12.6. The highest BCUT2D eigenvalue weighted by Crippen LogP contribution is 2.21. The molecule has 0 saturated carbocycles. The third-order valence-electron chi connectivity index (χ3n) is 2.31. The van der Waals surface area contributed by atoms with Crippen molar-refractivity contribution in [3.8, 4) is 0 Å². The average Bonchev–Trinajstić information content (AvgIpc) is 2.38. The number of carboxylic acid groups (broad SMARTS) is 1. The molecule has 1 heterocycles. The number of carbonyl (C=O) groups is 1. The molecule has 1 aromatic heterocycles. The van der Waals surface area contributed by atoms with Crippen LogP contribution in [0.2, 0.25) is 0 Å². The summed E-state index contributed by atoms with van der Waals surface area (Å²) in [6, 6.07) is 9.53. The molecule has 0 bridgehead atoms. The summed E-state index contributed by atoms with van der Waals surface area (Å²) in [6.07, 6.45) is 1.47. The van der Waals surface area contributed by atoms with E-state index >= 15 is 0 Å². The van der Waals surface area contributed by atoms with Gasteiger partial charge in [-0.3, -0.25) is 0 Å². The fourth-order valence-corrected chi connectivity index (χ4v) is 2.13. The fraction of sp³-hybridized carbons (Fsp3) is 0.154. The molecule has 18 heavy (non-hydrogen) atoms. The first-order valence-electron chi connectivity index (χ1n) is 5.40. The van der Waals surface area contributed by atoms with E-state index in [1.54, 1.807) is 11.8 Å². The molecule has 0 unspecified atom stereocenters. The van der Waals surface area contributed by atoms with Crippen molar-refractivity contribution in [1.82, 2.24) is 9.97 Å². The molecule has 0 aliphatic heterocycles. The molecule has 0 amide bonds. The summed E-state index contributed by atoms with van der Waals surface area (Å²) in [5.74, 6) is 0.0592. The first-order chi connectivity index (χ1) is 8.65. The summed E-state index contributed by atoms with van der Waals surface area (Å²) >= 11 is 1.58. The Morgan fingerprint density at radius 1 is 1.28 bits per heavy atom. The minimum atomic E-state index is -1.03. The van der Waals surface area contributed by atoms with Gasteiger partial charge in [0, 0.05) is 11.1 Å². The van der Waals surface area contributed by atoms with Gasteiger partial charge in [0.2, 0.25) is 0 Å². The van der Waals surface area contributed by atoms with Crippen LogP contribution in [0.4, 0.5) is 0 Å². The third-order valence-corrected chi connectivity index (χ3v) is 3.32. The number of carboxylic acids is 1. The van der Waals surface area contributed by atoms with Crippen LogP contribution < -0.4 is 0 Å². The summed E-state index contributed by atoms with van der Waals surface area (Å²) in [7, 11) is 0. The molecule has 2 rings (SSSR count). The summed E-state index contributed by atoms with van der Waals surface area (Å²) in [5.41, 5.74) is 1.24. The SMILES string of the molecule is Cc1ccc(SCc2nccc(C(=O)O)n2)cc1. The molecule has 1 N–H and O–H groups in total. The molecule has 1 aromatic carbocycles. The van der Waals surface area contributed by atoms with Gasteiger partial charge < -0.3 is 5.11 Å². The molecule has 0 atom stereocenters. The van der Waals surface area contributed by atoms with E-state index in [1.807, 2.05) is 31.2 Å². The summed E-state index contributed by atoms with van der Waals surface area (Å²) in [6.45, 7) is 2.04. The molecular weight excluding hydrogens is 248 g/mol. The highest BCUT2D eigenvalue weighted by molar-refractivity contribution is 7.98. The zero-order chi connectivity index (χ0) is 13.0. The predicted molar refractivity (Wildman–Crippen MR) is 69.7 cm³/mol. The molecule has 0 aliphatic rings. The van der Waals surface area contributed by atoms with Crippen molar-refractivity contribution in [2.75, 3.05) is 0 Å². The van der Waals surface area contributed by atoms with Crippen LogP contribution in [0.25, 0.3) is 0 Å². The van der Waals surface area contributed by atoms with Gasteiger partial charge >= 0.3 is 5.97 Å². The molecule has 0 radical (unpaired) electrons. The van der Waals surface area contributed by atoms with Crippen LogP contribution >= 0.6 is 11.8 Å². The number of rotatable bonds is 4. The fourth-order valence-electron chi connectivity index (χ4n) is 1.37. The quantitative estimate of drug-likeness (QED) is 0.856. The second-order valence-electron chi connectivity index (χ2n) is 3.76. The van der Waals surface area contributed by atoms with Crippen LogP contribution in [0.15, 0.2) is 41.4 Å². The minimum absolute atomic E-state index is 0.0320. The molecule has 4 nitrogen and oxygen atoms in total. The molecule has 5 heteroatoms. The monoisotopic (exact) mass is 260 g/mol. The maximum Gasteiger partial charge on any atom is 0.354 e. The normalized spacial score (nSPS) is 10.3. The summed E-state index contributed by atoms with van der Waals surface area (Å²) in [5, 5.41) is 8.83. The smallest absolute Gasteiger partial charge is 0.354 e. The van der Waals surface area contributed by atoms with Gasteiger partial charge in [-0.15, -0.1) is 11.8 Å². The van der Waals surface area contributed by atoms with Crippen LogP contribution in [0, 0.1) is 6.92 Å². The second kappa shape index (κ2) is 5.64. The molecule has 0 fully saturated rings. The Labute approximate surface area is 109 Å². The Bertz CT molecular complexity index is 555. The van der Waals surface area contributed by atoms with E-state index in [1.165, 1.54) is 17.8 Å². The van der Waals surface area contributed by atoms with Crippen LogP contribution in [0.1, 0.15) is 21.9 Å². The van der Waals surface area contributed by atoms with Gasteiger partial charge in [0.25, 0.3) is 0 Å². The number of hydrogen-bond acceptors (Lipinski definition) is 4. The van der Waals surface area contributed by atoms with Crippen LogP contribution in [0.3, 0.4) is 0 Å². The summed E-state index contributed by atoms with van der Waals surface area (Å²) < 4.78 is 0.